The molecule has 4 aromatic rings. The van der Waals surface area contributed by atoms with Crippen molar-refractivity contribution in [1.82, 2.24) is 0 Å². The summed E-state index contributed by atoms with van der Waals surface area (Å²) in [5, 5.41) is 8.12. The summed E-state index contributed by atoms with van der Waals surface area (Å²) < 4.78 is 0. The van der Waals surface area contributed by atoms with E-state index >= 15 is 0 Å². The summed E-state index contributed by atoms with van der Waals surface area (Å²) in [6, 6.07) is 22.3. The van der Waals surface area contributed by atoms with Crippen LogP contribution in [0.25, 0.3) is 32.3 Å². The molecule has 0 unspecified atom stereocenters. The normalized spacial score (nSPS) is 12.3. The van der Waals surface area contributed by atoms with Crippen LogP contribution in [0.3, 0.4) is 0 Å². The van der Waals surface area contributed by atoms with Gasteiger partial charge in [0.1, 0.15) is 0 Å². The molecule has 0 saturated carbocycles. The van der Waals surface area contributed by atoms with Gasteiger partial charge in [-0.1, -0.05) is 81.4 Å². The first-order valence-corrected chi connectivity index (χ1v) is 8.31. The fourth-order valence-electron chi connectivity index (χ4n) is 3.90. The van der Waals surface area contributed by atoms with Crippen molar-refractivity contribution in [2.24, 2.45) is 0 Å². The lowest BCUT2D eigenvalue weighted by atomic mass is 9.81. The van der Waals surface area contributed by atoms with Crippen molar-refractivity contribution in [2.45, 2.75) is 33.1 Å². The summed E-state index contributed by atoms with van der Waals surface area (Å²) in [7, 11) is 0. The van der Waals surface area contributed by atoms with Gasteiger partial charge in [-0.05, 0) is 55.8 Å². The van der Waals surface area contributed by atoms with Gasteiger partial charge in [0.15, 0.2) is 0 Å². The summed E-state index contributed by atoms with van der Waals surface area (Å²) in [6.45, 7) is 9.17. The van der Waals surface area contributed by atoms with Crippen LogP contribution in [-0.4, -0.2) is 0 Å². The molecule has 0 aromatic heterocycles. The molecule has 0 nitrogen and oxygen atoms in total. The van der Waals surface area contributed by atoms with Crippen LogP contribution in [0, 0.1) is 6.92 Å². The molecule has 0 spiro atoms. The molecule has 0 fully saturated rings. The third-order valence-corrected chi connectivity index (χ3v) is 4.96. The van der Waals surface area contributed by atoms with E-state index in [-0.39, 0.29) is 5.41 Å². The van der Waals surface area contributed by atoms with E-state index in [0.717, 1.165) is 0 Å². The van der Waals surface area contributed by atoms with Crippen LogP contribution in [-0.2, 0) is 5.41 Å². The molecule has 0 heteroatoms. The number of aryl methyl sites for hydroxylation is 1. The molecule has 0 saturated heterocycles. The third-order valence-electron chi connectivity index (χ3n) is 4.96. The Morgan fingerprint density at radius 1 is 0.609 bits per heavy atom. The van der Waals surface area contributed by atoms with Crippen molar-refractivity contribution in [1.29, 1.82) is 0 Å². The van der Waals surface area contributed by atoms with E-state index in [9.17, 15) is 0 Å². The summed E-state index contributed by atoms with van der Waals surface area (Å²) in [5.74, 6) is 0. The van der Waals surface area contributed by atoms with Crippen molar-refractivity contribution >= 4 is 32.3 Å². The van der Waals surface area contributed by atoms with Gasteiger partial charge < -0.3 is 0 Å². The third kappa shape index (κ3) is 2.13. The molecule has 0 heterocycles. The molecule has 0 bridgehead atoms. The van der Waals surface area contributed by atoms with Crippen LogP contribution in [0.5, 0.6) is 0 Å². The van der Waals surface area contributed by atoms with E-state index in [1.54, 1.807) is 0 Å². The van der Waals surface area contributed by atoms with Crippen molar-refractivity contribution in [3.63, 3.8) is 0 Å². The van der Waals surface area contributed by atoms with Gasteiger partial charge in [0.2, 0.25) is 0 Å². The molecule has 0 aliphatic heterocycles. The lowest BCUT2D eigenvalue weighted by Crippen LogP contribution is -2.13. The first-order valence-electron chi connectivity index (χ1n) is 8.31. The second-order valence-electron chi connectivity index (χ2n) is 7.54. The molecule has 0 atom stereocenters. The Kier molecular flexibility index (Phi) is 2.99. The van der Waals surface area contributed by atoms with Gasteiger partial charge in [-0.2, -0.15) is 0 Å². The monoisotopic (exact) mass is 298 g/mol. The van der Waals surface area contributed by atoms with E-state index in [2.05, 4.69) is 88.4 Å². The molecular formula is C23H22. The van der Waals surface area contributed by atoms with E-state index < -0.39 is 0 Å². The highest BCUT2D eigenvalue weighted by molar-refractivity contribution is 6.21. The Labute approximate surface area is 137 Å². The zero-order chi connectivity index (χ0) is 16.2. The van der Waals surface area contributed by atoms with Gasteiger partial charge in [0.05, 0.1) is 0 Å². The van der Waals surface area contributed by atoms with Gasteiger partial charge in [0, 0.05) is 0 Å². The van der Waals surface area contributed by atoms with Gasteiger partial charge in [-0.3, -0.25) is 0 Å². The van der Waals surface area contributed by atoms with Crippen LogP contribution >= 0.6 is 0 Å². The summed E-state index contributed by atoms with van der Waals surface area (Å²) >= 11 is 0. The van der Waals surface area contributed by atoms with Crippen LogP contribution in [0.4, 0.5) is 0 Å². The minimum Gasteiger partial charge on any atom is -0.0616 e. The molecule has 0 N–H and O–H groups in total. The second kappa shape index (κ2) is 4.83. The average Bonchev–Trinajstić information content (AvgIpc) is 2.53. The Bertz CT molecular complexity index is 1040. The smallest absolute Gasteiger partial charge is 0.00240 e. The SMILES string of the molecule is Cc1c(C(C)(C)C)ccc2ccc3ccc4ccccc4c3c12. The number of hydrogen-bond donors (Lipinski definition) is 0. The first-order chi connectivity index (χ1) is 11.0. The highest BCUT2D eigenvalue weighted by Gasteiger charge is 2.18. The molecular weight excluding hydrogens is 276 g/mol. The second-order valence-corrected chi connectivity index (χ2v) is 7.54. The molecule has 0 radical (unpaired) electrons. The van der Waals surface area contributed by atoms with Crippen LogP contribution in [0.15, 0.2) is 60.7 Å². The molecule has 23 heavy (non-hydrogen) atoms. The van der Waals surface area contributed by atoms with E-state index in [1.165, 1.54) is 43.4 Å². The van der Waals surface area contributed by atoms with E-state index in [1.807, 2.05) is 0 Å². The number of hydrogen-bond acceptors (Lipinski definition) is 0. The Hall–Kier alpha value is -2.34. The van der Waals surface area contributed by atoms with Gasteiger partial charge >= 0.3 is 0 Å². The van der Waals surface area contributed by atoms with Crippen LogP contribution in [0.1, 0.15) is 31.9 Å². The predicted molar refractivity (Wildman–Crippen MR) is 102 cm³/mol. The highest BCUT2D eigenvalue weighted by atomic mass is 14.2. The lowest BCUT2D eigenvalue weighted by molar-refractivity contribution is 0.587. The van der Waals surface area contributed by atoms with Crippen molar-refractivity contribution in [2.75, 3.05) is 0 Å². The molecule has 0 amide bonds. The topological polar surface area (TPSA) is 0 Å². The number of fused-ring (bicyclic) bond motifs is 5. The zero-order valence-electron chi connectivity index (χ0n) is 14.3. The summed E-state index contributed by atoms with van der Waals surface area (Å²) in [5.41, 5.74) is 3.01. The molecule has 0 aliphatic rings. The Balaban J connectivity index is 2.29. The van der Waals surface area contributed by atoms with Crippen molar-refractivity contribution < 1.29 is 0 Å². The minimum absolute atomic E-state index is 0.158. The standard InChI is InChI=1S/C23H22/c1-15-20(23(2,3)4)14-13-17-11-12-18-10-9-16-7-5-6-8-19(16)22(18)21(15)17/h5-14H,1-4H3. The predicted octanol–water partition coefficient (Wildman–Crippen LogP) is 6.75. The number of benzene rings is 4. The first kappa shape index (κ1) is 14.3. The fourth-order valence-corrected chi connectivity index (χ4v) is 3.90. The van der Waals surface area contributed by atoms with Gasteiger partial charge in [-0.15, -0.1) is 0 Å². The van der Waals surface area contributed by atoms with E-state index in [4.69, 9.17) is 0 Å². The largest absolute Gasteiger partial charge is 0.0616 e. The fraction of sp³-hybridized carbons (Fsp3) is 0.217. The minimum atomic E-state index is 0.158. The molecule has 4 rings (SSSR count). The highest BCUT2D eigenvalue weighted by Crippen LogP contribution is 2.37. The molecule has 114 valence electrons. The summed E-state index contributed by atoms with van der Waals surface area (Å²) in [4.78, 5) is 0. The summed E-state index contributed by atoms with van der Waals surface area (Å²) in [6.07, 6.45) is 0. The van der Waals surface area contributed by atoms with Gasteiger partial charge in [0.25, 0.3) is 0 Å². The zero-order valence-corrected chi connectivity index (χ0v) is 14.3. The van der Waals surface area contributed by atoms with Gasteiger partial charge in [-0.25, -0.2) is 0 Å². The van der Waals surface area contributed by atoms with Crippen molar-refractivity contribution in [3.8, 4) is 0 Å². The average molecular weight is 298 g/mol. The molecule has 4 aromatic carbocycles. The maximum atomic E-state index is 2.30. The van der Waals surface area contributed by atoms with Crippen LogP contribution in [0.2, 0.25) is 0 Å². The maximum absolute atomic E-state index is 2.30. The number of rotatable bonds is 0. The lowest BCUT2D eigenvalue weighted by Gasteiger charge is -2.23. The maximum Gasteiger partial charge on any atom is -0.00240 e. The van der Waals surface area contributed by atoms with Crippen LogP contribution < -0.4 is 0 Å². The van der Waals surface area contributed by atoms with Crippen molar-refractivity contribution in [3.05, 3.63) is 71.8 Å². The molecule has 0 aliphatic carbocycles. The van der Waals surface area contributed by atoms with E-state index in [0.29, 0.717) is 0 Å². The quantitative estimate of drug-likeness (QED) is 0.315. The Morgan fingerprint density at radius 3 is 1.87 bits per heavy atom. The Morgan fingerprint density at radius 2 is 1.17 bits per heavy atom.